The minimum atomic E-state index is -1.04. The molecule has 0 unspecified atom stereocenters. The van der Waals surface area contributed by atoms with E-state index in [2.05, 4.69) is 15.0 Å². The predicted octanol–water partition coefficient (Wildman–Crippen LogP) is 1.20. The van der Waals surface area contributed by atoms with Crippen LogP contribution in [0.3, 0.4) is 0 Å². The Hall–Kier alpha value is -1.43. The van der Waals surface area contributed by atoms with Gasteiger partial charge in [-0.05, 0) is 13.8 Å². The van der Waals surface area contributed by atoms with Crippen molar-refractivity contribution in [1.82, 2.24) is 4.98 Å². The van der Waals surface area contributed by atoms with Crippen LogP contribution in [-0.4, -0.2) is 28.9 Å². The van der Waals surface area contributed by atoms with Crippen molar-refractivity contribution in [3.8, 4) is 0 Å². The molecule has 0 aliphatic rings. The number of hydrogen-bond acceptors (Lipinski definition) is 5. The number of carboxylic acid groups (broad SMARTS) is 1. The summed E-state index contributed by atoms with van der Waals surface area (Å²) in [4.78, 5) is 19.6. The van der Waals surface area contributed by atoms with Crippen LogP contribution in [0.15, 0.2) is 5.16 Å². The quantitative estimate of drug-likeness (QED) is 0.603. The normalized spacial score (nSPS) is 10.7. The minimum Gasteiger partial charge on any atom is -0.479 e. The van der Waals surface area contributed by atoms with E-state index in [9.17, 15) is 4.79 Å². The van der Waals surface area contributed by atoms with E-state index in [1.807, 2.05) is 13.8 Å². The van der Waals surface area contributed by atoms with Crippen molar-refractivity contribution >= 4 is 23.5 Å². The Morgan fingerprint density at radius 3 is 2.93 bits per heavy atom. The molecule has 1 rings (SSSR count). The summed E-state index contributed by atoms with van der Waals surface area (Å²) in [6.07, 6.45) is 1.48. The molecule has 14 heavy (non-hydrogen) atoms. The Morgan fingerprint density at radius 2 is 2.43 bits per heavy atom. The summed E-state index contributed by atoms with van der Waals surface area (Å²) in [5.41, 5.74) is 0.871. The second-order valence-corrected chi connectivity index (χ2v) is 3.82. The molecule has 0 spiro atoms. The predicted molar refractivity (Wildman–Crippen MR) is 52.8 cm³/mol. The van der Waals surface area contributed by atoms with E-state index in [-0.39, 0.29) is 0 Å². The average Bonchev–Trinajstić information content (AvgIpc) is 2.39. The number of thiazole rings is 1. The van der Waals surface area contributed by atoms with E-state index in [4.69, 9.17) is 5.11 Å². The molecular weight excluding hydrogens is 204 g/mol. The molecule has 0 amide bonds. The van der Waals surface area contributed by atoms with Crippen LogP contribution in [0.1, 0.15) is 15.6 Å². The zero-order chi connectivity index (χ0) is 10.6. The lowest BCUT2D eigenvalue weighted by molar-refractivity contribution is -0.142. The Morgan fingerprint density at radius 1 is 1.71 bits per heavy atom. The van der Waals surface area contributed by atoms with Crippen LogP contribution >= 0.6 is 11.3 Å². The Balaban J connectivity index is 2.51. The van der Waals surface area contributed by atoms with E-state index in [0.29, 0.717) is 0 Å². The Bertz CT molecular complexity index is 359. The standard InChI is InChI=1S/C8H10N2O3S/c1-5-7(14-6(2)10-5)3-9-13-4-8(11)12/h3H,4H2,1-2H3,(H,11,12). The summed E-state index contributed by atoms with van der Waals surface area (Å²) in [7, 11) is 0. The second-order valence-electron chi connectivity index (χ2n) is 2.58. The van der Waals surface area contributed by atoms with Gasteiger partial charge in [0.25, 0.3) is 0 Å². The molecule has 1 heterocycles. The molecule has 0 fully saturated rings. The fraction of sp³-hybridized carbons (Fsp3) is 0.375. The van der Waals surface area contributed by atoms with E-state index >= 15 is 0 Å². The molecule has 5 nitrogen and oxygen atoms in total. The van der Waals surface area contributed by atoms with Gasteiger partial charge in [0.1, 0.15) is 0 Å². The lowest BCUT2D eigenvalue weighted by Crippen LogP contribution is -2.03. The van der Waals surface area contributed by atoms with Gasteiger partial charge in [0, 0.05) is 0 Å². The molecule has 0 atom stereocenters. The van der Waals surface area contributed by atoms with Crippen LogP contribution in [0.25, 0.3) is 0 Å². The number of aryl methyl sites for hydroxylation is 2. The van der Waals surface area contributed by atoms with Gasteiger partial charge < -0.3 is 9.94 Å². The molecule has 0 saturated heterocycles. The van der Waals surface area contributed by atoms with Crippen molar-refractivity contribution in [1.29, 1.82) is 0 Å². The molecule has 0 aliphatic heterocycles. The number of hydrogen-bond donors (Lipinski definition) is 1. The van der Waals surface area contributed by atoms with Crippen LogP contribution in [0.5, 0.6) is 0 Å². The highest BCUT2D eigenvalue weighted by Gasteiger charge is 2.01. The van der Waals surface area contributed by atoms with Gasteiger partial charge in [-0.1, -0.05) is 5.16 Å². The van der Waals surface area contributed by atoms with Gasteiger partial charge in [0.2, 0.25) is 6.61 Å². The summed E-state index contributed by atoms with van der Waals surface area (Å²) in [6.45, 7) is 3.34. The molecule has 0 radical (unpaired) electrons. The highest BCUT2D eigenvalue weighted by molar-refractivity contribution is 7.13. The zero-order valence-corrected chi connectivity index (χ0v) is 8.67. The monoisotopic (exact) mass is 214 g/mol. The van der Waals surface area contributed by atoms with E-state index in [0.717, 1.165) is 15.6 Å². The first kappa shape index (κ1) is 10.6. The van der Waals surface area contributed by atoms with Crippen molar-refractivity contribution in [3.05, 3.63) is 15.6 Å². The van der Waals surface area contributed by atoms with E-state index in [1.165, 1.54) is 17.6 Å². The van der Waals surface area contributed by atoms with Crippen LogP contribution in [0, 0.1) is 13.8 Å². The number of aromatic nitrogens is 1. The van der Waals surface area contributed by atoms with Crippen LogP contribution < -0.4 is 0 Å². The first-order valence-electron chi connectivity index (χ1n) is 3.90. The summed E-state index contributed by atoms with van der Waals surface area (Å²) in [6, 6.07) is 0. The lowest BCUT2D eigenvalue weighted by atomic mass is 10.4. The number of carboxylic acids is 1. The Kier molecular flexibility index (Phi) is 3.58. The minimum absolute atomic E-state index is 0.423. The molecule has 1 N–H and O–H groups in total. The van der Waals surface area contributed by atoms with Gasteiger partial charge in [-0.2, -0.15) is 0 Å². The van der Waals surface area contributed by atoms with Crippen molar-refractivity contribution in [2.45, 2.75) is 13.8 Å². The van der Waals surface area contributed by atoms with E-state index in [1.54, 1.807) is 0 Å². The number of rotatable bonds is 4. The second kappa shape index (κ2) is 4.71. The molecular formula is C8H10N2O3S. The maximum Gasteiger partial charge on any atom is 0.344 e. The number of carbonyl (C=O) groups is 1. The van der Waals surface area contributed by atoms with Gasteiger partial charge in [-0.25, -0.2) is 9.78 Å². The van der Waals surface area contributed by atoms with Gasteiger partial charge >= 0.3 is 5.97 Å². The van der Waals surface area contributed by atoms with Crippen LogP contribution in [0.4, 0.5) is 0 Å². The van der Waals surface area contributed by atoms with E-state index < -0.39 is 12.6 Å². The molecule has 1 aromatic rings. The third-order valence-electron chi connectivity index (χ3n) is 1.37. The SMILES string of the molecule is Cc1nc(C)c(C=NOCC(=O)O)s1. The molecule has 0 aromatic carbocycles. The van der Waals surface area contributed by atoms with Gasteiger partial charge in [0.15, 0.2) is 0 Å². The molecule has 0 aliphatic carbocycles. The van der Waals surface area contributed by atoms with Crippen molar-refractivity contribution in [3.63, 3.8) is 0 Å². The maximum atomic E-state index is 10.1. The maximum absolute atomic E-state index is 10.1. The molecule has 0 bridgehead atoms. The summed E-state index contributed by atoms with van der Waals surface area (Å²) >= 11 is 1.49. The fourth-order valence-electron chi connectivity index (χ4n) is 0.844. The largest absolute Gasteiger partial charge is 0.479 e. The zero-order valence-electron chi connectivity index (χ0n) is 7.85. The topological polar surface area (TPSA) is 71.8 Å². The first-order valence-corrected chi connectivity index (χ1v) is 4.72. The lowest BCUT2D eigenvalue weighted by Gasteiger charge is -1.91. The smallest absolute Gasteiger partial charge is 0.344 e. The molecule has 0 saturated carbocycles. The first-order chi connectivity index (χ1) is 6.59. The van der Waals surface area contributed by atoms with Gasteiger partial charge in [-0.3, -0.25) is 0 Å². The van der Waals surface area contributed by atoms with Gasteiger partial charge in [-0.15, -0.1) is 11.3 Å². The van der Waals surface area contributed by atoms with Crippen molar-refractivity contribution in [2.75, 3.05) is 6.61 Å². The summed E-state index contributed by atoms with van der Waals surface area (Å²) in [5.74, 6) is -1.04. The third kappa shape index (κ3) is 3.14. The summed E-state index contributed by atoms with van der Waals surface area (Å²) in [5, 5.41) is 12.7. The number of nitrogens with zero attached hydrogens (tertiary/aromatic N) is 2. The number of aliphatic carboxylic acids is 1. The van der Waals surface area contributed by atoms with Crippen molar-refractivity contribution in [2.24, 2.45) is 5.16 Å². The Labute approximate surface area is 85.0 Å². The molecule has 76 valence electrons. The summed E-state index contributed by atoms with van der Waals surface area (Å²) < 4.78 is 0. The molecule has 1 aromatic heterocycles. The third-order valence-corrected chi connectivity index (χ3v) is 2.38. The number of oxime groups is 1. The highest BCUT2D eigenvalue weighted by atomic mass is 32.1. The van der Waals surface area contributed by atoms with Crippen molar-refractivity contribution < 1.29 is 14.7 Å². The van der Waals surface area contributed by atoms with Gasteiger partial charge in [0.05, 0.1) is 21.8 Å². The van der Waals surface area contributed by atoms with Crippen LogP contribution in [0.2, 0.25) is 0 Å². The highest BCUT2D eigenvalue weighted by Crippen LogP contribution is 2.14. The molecule has 6 heteroatoms. The average molecular weight is 214 g/mol. The van der Waals surface area contributed by atoms with Crippen LogP contribution in [-0.2, 0) is 9.63 Å². The fourth-order valence-corrected chi connectivity index (χ4v) is 1.63.